The Morgan fingerprint density at radius 3 is 2.57 bits per heavy atom. The molecule has 0 spiro atoms. The lowest BCUT2D eigenvalue weighted by Crippen LogP contribution is -2.48. The van der Waals surface area contributed by atoms with E-state index in [1.165, 1.54) is 7.11 Å². The summed E-state index contributed by atoms with van der Waals surface area (Å²) in [5, 5.41) is 0. The van der Waals surface area contributed by atoms with E-state index in [2.05, 4.69) is 0 Å². The van der Waals surface area contributed by atoms with Crippen LogP contribution in [0.5, 0.6) is 5.75 Å². The van der Waals surface area contributed by atoms with Crippen LogP contribution in [0.15, 0.2) is 54.6 Å². The Kier molecular flexibility index (Phi) is 4.28. The molecule has 0 aliphatic carbocycles. The molecule has 5 nitrogen and oxygen atoms in total. The number of nitrogens with zero attached hydrogens (tertiary/aromatic N) is 1. The zero-order valence-electron chi connectivity index (χ0n) is 12.8. The molecule has 0 radical (unpaired) electrons. The molecule has 1 aliphatic heterocycles. The third-order valence-corrected chi connectivity index (χ3v) is 3.74. The molecular formula is C18H17NO4. The summed E-state index contributed by atoms with van der Waals surface area (Å²) in [6.45, 7) is 0.148. The highest BCUT2D eigenvalue weighted by Gasteiger charge is 2.34. The van der Waals surface area contributed by atoms with E-state index in [1.807, 2.05) is 42.5 Å². The fraction of sp³-hybridized carbons (Fsp3) is 0.222. The van der Waals surface area contributed by atoms with Crippen molar-refractivity contribution < 1.29 is 19.1 Å². The molecule has 0 fully saturated rings. The predicted molar refractivity (Wildman–Crippen MR) is 85.4 cm³/mol. The summed E-state index contributed by atoms with van der Waals surface area (Å²) in [6.07, 6.45) is -0.544. The molecule has 1 heterocycles. The van der Waals surface area contributed by atoms with Gasteiger partial charge in [0, 0.05) is 0 Å². The van der Waals surface area contributed by atoms with Crippen LogP contribution in [-0.2, 0) is 20.7 Å². The largest absolute Gasteiger partial charge is 0.475 e. The minimum atomic E-state index is -0.811. The highest BCUT2D eigenvalue weighted by molar-refractivity contribution is 5.97. The molecule has 1 aliphatic rings. The fourth-order valence-electron chi connectivity index (χ4n) is 2.59. The molecule has 0 aromatic heterocycles. The molecule has 118 valence electrons. The maximum Gasteiger partial charge on any atom is 0.348 e. The summed E-state index contributed by atoms with van der Waals surface area (Å²) in [7, 11) is 1.31. The van der Waals surface area contributed by atoms with Gasteiger partial charge >= 0.3 is 5.97 Å². The number of esters is 1. The van der Waals surface area contributed by atoms with Gasteiger partial charge in [0.25, 0.3) is 0 Å². The van der Waals surface area contributed by atoms with E-state index in [-0.39, 0.29) is 18.9 Å². The summed E-state index contributed by atoms with van der Waals surface area (Å²) in [6, 6.07) is 16.7. The lowest BCUT2D eigenvalue weighted by Gasteiger charge is -2.33. The second-order valence-corrected chi connectivity index (χ2v) is 5.26. The topological polar surface area (TPSA) is 55.8 Å². The number of benzene rings is 2. The Morgan fingerprint density at radius 2 is 1.83 bits per heavy atom. The molecule has 23 heavy (non-hydrogen) atoms. The van der Waals surface area contributed by atoms with Crippen LogP contribution in [0.2, 0.25) is 0 Å². The van der Waals surface area contributed by atoms with Crippen LogP contribution in [-0.4, -0.2) is 31.6 Å². The number of hydrogen-bond acceptors (Lipinski definition) is 4. The maximum atomic E-state index is 12.7. The zero-order valence-corrected chi connectivity index (χ0v) is 12.8. The first-order valence-corrected chi connectivity index (χ1v) is 7.37. The smallest absolute Gasteiger partial charge is 0.348 e. The number of rotatable bonds is 3. The van der Waals surface area contributed by atoms with Crippen molar-refractivity contribution in [2.24, 2.45) is 0 Å². The van der Waals surface area contributed by atoms with Gasteiger partial charge in [-0.2, -0.15) is 0 Å². The van der Waals surface area contributed by atoms with Crippen LogP contribution in [0.3, 0.4) is 0 Å². The molecule has 3 rings (SSSR count). The van der Waals surface area contributed by atoms with Crippen molar-refractivity contribution in [3.63, 3.8) is 0 Å². The Bertz CT molecular complexity index is 714. The van der Waals surface area contributed by atoms with E-state index in [0.29, 0.717) is 11.4 Å². The number of carbonyl (C=O) groups is 2. The number of fused-ring (bicyclic) bond motifs is 1. The average molecular weight is 311 g/mol. The number of methoxy groups -OCH3 is 1. The summed E-state index contributed by atoms with van der Waals surface area (Å²) < 4.78 is 10.4. The summed E-state index contributed by atoms with van der Waals surface area (Å²) in [5.41, 5.74) is 1.60. The second-order valence-electron chi connectivity index (χ2n) is 5.26. The first-order chi connectivity index (χ1) is 11.2. The Labute approximate surface area is 134 Å². The molecular weight excluding hydrogens is 294 g/mol. The highest BCUT2D eigenvalue weighted by Crippen LogP contribution is 2.33. The SMILES string of the molecule is COC(=O)[C@H]1CN(C(=O)Cc2ccccc2)c2ccccc2O1. The van der Waals surface area contributed by atoms with Gasteiger partial charge in [-0.15, -0.1) is 0 Å². The van der Waals surface area contributed by atoms with Crippen LogP contribution in [0.1, 0.15) is 5.56 Å². The van der Waals surface area contributed by atoms with Gasteiger partial charge in [-0.05, 0) is 17.7 Å². The molecule has 0 saturated heterocycles. The molecule has 2 aromatic carbocycles. The van der Waals surface area contributed by atoms with Crippen molar-refractivity contribution >= 4 is 17.6 Å². The van der Waals surface area contributed by atoms with E-state index < -0.39 is 12.1 Å². The molecule has 1 atom stereocenters. The first-order valence-electron chi connectivity index (χ1n) is 7.37. The van der Waals surface area contributed by atoms with Crippen LogP contribution < -0.4 is 9.64 Å². The Hall–Kier alpha value is -2.82. The monoisotopic (exact) mass is 311 g/mol. The van der Waals surface area contributed by atoms with Crippen molar-refractivity contribution in [3.8, 4) is 5.75 Å². The highest BCUT2D eigenvalue weighted by atomic mass is 16.6. The number of para-hydroxylation sites is 2. The average Bonchev–Trinajstić information content (AvgIpc) is 2.60. The van der Waals surface area contributed by atoms with Gasteiger partial charge in [0.2, 0.25) is 12.0 Å². The third-order valence-electron chi connectivity index (χ3n) is 3.74. The molecule has 5 heteroatoms. The first kappa shape index (κ1) is 15.1. The van der Waals surface area contributed by atoms with Gasteiger partial charge < -0.3 is 14.4 Å². The molecule has 0 saturated carbocycles. The molecule has 0 N–H and O–H groups in total. The van der Waals surface area contributed by atoms with Gasteiger partial charge in [0.05, 0.1) is 25.8 Å². The van der Waals surface area contributed by atoms with Crippen LogP contribution >= 0.6 is 0 Å². The zero-order chi connectivity index (χ0) is 16.2. The molecule has 2 aromatic rings. The van der Waals surface area contributed by atoms with E-state index in [1.54, 1.807) is 17.0 Å². The normalized spacial score (nSPS) is 16.2. The number of ether oxygens (including phenoxy) is 2. The van der Waals surface area contributed by atoms with Crippen LogP contribution in [0, 0.1) is 0 Å². The van der Waals surface area contributed by atoms with Gasteiger partial charge in [-0.25, -0.2) is 4.79 Å². The Balaban J connectivity index is 1.87. The number of anilines is 1. The van der Waals surface area contributed by atoms with Crippen LogP contribution in [0.4, 0.5) is 5.69 Å². The van der Waals surface area contributed by atoms with Gasteiger partial charge in [-0.3, -0.25) is 4.79 Å². The number of amides is 1. The van der Waals surface area contributed by atoms with Gasteiger partial charge in [0.1, 0.15) is 5.75 Å². The standard InChI is InChI=1S/C18H17NO4/c1-22-18(21)16-12-19(14-9-5-6-10-15(14)23-16)17(20)11-13-7-3-2-4-8-13/h2-10,16H,11-12H2,1H3/t16-/m1/s1. The van der Waals surface area contributed by atoms with E-state index in [9.17, 15) is 9.59 Å². The van der Waals surface area contributed by atoms with E-state index >= 15 is 0 Å². The van der Waals surface area contributed by atoms with Gasteiger partial charge in [-0.1, -0.05) is 42.5 Å². The van der Waals surface area contributed by atoms with Crippen molar-refractivity contribution in [2.75, 3.05) is 18.6 Å². The third kappa shape index (κ3) is 3.18. The maximum absolute atomic E-state index is 12.7. The molecule has 1 amide bonds. The molecule has 0 bridgehead atoms. The minimum absolute atomic E-state index is 0.0825. The summed E-state index contributed by atoms with van der Waals surface area (Å²) >= 11 is 0. The lowest BCUT2D eigenvalue weighted by atomic mass is 10.1. The Morgan fingerprint density at radius 1 is 1.13 bits per heavy atom. The van der Waals surface area contributed by atoms with Gasteiger partial charge in [0.15, 0.2) is 0 Å². The van der Waals surface area contributed by atoms with Crippen molar-refractivity contribution in [1.82, 2.24) is 0 Å². The van der Waals surface area contributed by atoms with Crippen molar-refractivity contribution in [3.05, 3.63) is 60.2 Å². The lowest BCUT2D eigenvalue weighted by molar-refractivity contribution is -0.148. The van der Waals surface area contributed by atoms with E-state index in [4.69, 9.17) is 9.47 Å². The molecule has 0 unspecified atom stereocenters. The van der Waals surface area contributed by atoms with E-state index in [0.717, 1.165) is 5.56 Å². The second kappa shape index (κ2) is 6.52. The predicted octanol–water partition coefficient (Wildman–Crippen LogP) is 2.20. The quantitative estimate of drug-likeness (QED) is 0.816. The summed E-state index contributed by atoms with van der Waals surface area (Å²) in [4.78, 5) is 26.1. The minimum Gasteiger partial charge on any atom is -0.475 e. The van der Waals surface area contributed by atoms with Crippen molar-refractivity contribution in [2.45, 2.75) is 12.5 Å². The van der Waals surface area contributed by atoms with Crippen molar-refractivity contribution in [1.29, 1.82) is 0 Å². The number of hydrogen-bond donors (Lipinski definition) is 0. The fourth-order valence-corrected chi connectivity index (χ4v) is 2.59. The summed E-state index contributed by atoms with van der Waals surface area (Å²) in [5.74, 6) is -0.0616. The number of carbonyl (C=O) groups excluding carboxylic acids is 2. The van der Waals surface area contributed by atoms with Crippen LogP contribution in [0.25, 0.3) is 0 Å².